The van der Waals surface area contributed by atoms with Crippen LogP contribution in [-0.4, -0.2) is 43.2 Å². The molecular weight excluding hydrogens is 386 g/mol. The molecule has 180 valence electrons. The van der Waals surface area contributed by atoms with E-state index in [-0.39, 0.29) is 0 Å². The van der Waals surface area contributed by atoms with Gasteiger partial charge in [-0.15, -0.1) is 0 Å². The van der Waals surface area contributed by atoms with Crippen LogP contribution in [0.3, 0.4) is 0 Å². The Kier molecular flexibility index (Phi) is 20.6. The first-order valence-electron chi connectivity index (χ1n) is 12.6. The molecule has 1 rings (SSSR count). The molecule has 0 fully saturated rings. The minimum atomic E-state index is -0.908. The number of carbonyl (C=O) groups is 1. The third-order valence-electron chi connectivity index (χ3n) is 5.33. The summed E-state index contributed by atoms with van der Waals surface area (Å²) in [6.07, 6.45) is 19.0. The first kappa shape index (κ1) is 29.5. The van der Waals surface area contributed by atoms with E-state index in [1.165, 1.54) is 90.0 Å². The number of hydrogen-bond donors (Lipinski definition) is 1. The maximum Gasteiger partial charge on any atom is 0.335 e. The predicted molar refractivity (Wildman–Crippen MR) is 133 cm³/mol. The van der Waals surface area contributed by atoms with E-state index in [9.17, 15) is 4.79 Å². The number of aromatic carboxylic acids is 1. The van der Waals surface area contributed by atoms with Crippen LogP contribution in [0.5, 0.6) is 5.75 Å². The topological polar surface area (TPSA) is 49.8 Å². The quantitative estimate of drug-likeness (QED) is 0.239. The number of unbranched alkanes of at least 4 members (excludes halogenated alkanes) is 12. The summed E-state index contributed by atoms with van der Waals surface area (Å²) in [6, 6.07) is 6.51. The molecule has 1 aromatic carbocycles. The van der Waals surface area contributed by atoms with E-state index in [1.54, 1.807) is 24.3 Å². The molecule has 4 nitrogen and oxygen atoms in total. The summed E-state index contributed by atoms with van der Waals surface area (Å²) in [5.41, 5.74) is 0.290. The van der Waals surface area contributed by atoms with E-state index < -0.39 is 5.97 Å². The van der Waals surface area contributed by atoms with E-state index >= 15 is 0 Å². The van der Waals surface area contributed by atoms with Crippen LogP contribution in [0.1, 0.15) is 114 Å². The Morgan fingerprint density at radius 1 is 0.742 bits per heavy atom. The van der Waals surface area contributed by atoms with Crippen LogP contribution in [0, 0.1) is 0 Å². The Bertz CT molecular complexity index is 514. The van der Waals surface area contributed by atoms with Crippen molar-refractivity contribution in [2.24, 2.45) is 0 Å². The molecule has 0 saturated heterocycles. The molecule has 1 N–H and O–H groups in total. The molecule has 0 aliphatic heterocycles. The molecule has 31 heavy (non-hydrogen) atoms. The molecule has 0 amide bonds. The highest BCUT2D eigenvalue weighted by Crippen LogP contribution is 2.13. The summed E-state index contributed by atoms with van der Waals surface area (Å²) in [5.74, 6) is -0.170. The molecule has 0 aliphatic rings. The zero-order valence-electron chi connectivity index (χ0n) is 20.8. The van der Waals surface area contributed by atoms with Crippen LogP contribution >= 0.6 is 0 Å². The number of carboxylic acids is 1. The fourth-order valence-corrected chi connectivity index (χ4v) is 3.33. The SMILES string of the molecule is CCCCCCCCCCCCN(C)C.CCCCCCOc1ccc(C(=O)O)cc1. The monoisotopic (exact) mass is 435 g/mol. The lowest BCUT2D eigenvalue weighted by Crippen LogP contribution is -2.12. The molecule has 1 aromatic rings. The van der Waals surface area contributed by atoms with Crippen molar-refractivity contribution in [2.45, 2.75) is 104 Å². The summed E-state index contributed by atoms with van der Waals surface area (Å²) < 4.78 is 5.49. The van der Waals surface area contributed by atoms with Crippen molar-refractivity contribution in [3.8, 4) is 5.75 Å². The highest BCUT2D eigenvalue weighted by atomic mass is 16.5. The number of hydrogen-bond acceptors (Lipinski definition) is 3. The molecule has 0 unspecified atom stereocenters. The first-order valence-corrected chi connectivity index (χ1v) is 12.6. The van der Waals surface area contributed by atoms with Gasteiger partial charge in [0.1, 0.15) is 5.75 Å². The van der Waals surface area contributed by atoms with Gasteiger partial charge >= 0.3 is 5.97 Å². The van der Waals surface area contributed by atoms with Crippen molar-refractivity contribution in [3.63, 3.8) is 0 Å². The van der Waals surface area contributed by atoms with E-state index in [1.807, 2.05) is 0 Å². The maximum absolute atomic E-state index is 10.6. The van der Waals surface area contributed by atoms with E-state index in [0.717, 1.165) is 12.2 Å². The van der Waals surface area contributed by atoms with Crippen molar-refractivity contribution >= 4 is 5.97 Å². The summed E-state index contributed by atoms with van der Waals surface area (Å²) in [5, 5.41) is 8.71. The molecule has 0 atom stereocenters. The van der Waals surface area contributed by atoms with Gasteiger partial charge in [0.25, 0.3) is 0 Å². The molecule has 4 heteroatoms. The van der Waals surface area contributed by atoms with Gasteiger partial charge in [0, 0.05) is 0 Å². The Morgan fingerprint density at radius 2 is 1.19 bits per heavy atom. The van der Waals surface area contributed by atoms with Crippen LogP contribution < -0.4 is 4.74 Å². The van der Waals surface area contributed by atoms with Crippen LogP contribution in [0.25, 0.3) is 0 Å². The molecule has 0 spiro atoms. The second kappa shape index (κ2) is 21.7. The van der Waals surface area contributed by atoms with Gasteiger partial charge in [0.15, 0.2) is 0 Å². The molecule has 0 bridgehead atoms. The highest BCUT2D eigenvalue weighted by Gasteiger charge is 2.01. The molecule has 0 aliphatic carbocycles. The van der Waals surface area contributed by atoms with Crippen molar-refractivity contribution in [3.05, 3.63) is 29.8 Å². The summed E-state index contributed by atoms with van der Waals surface area (Å²) in [4.78, 5) is 12.9. The van der Waals surface area contributed by atoms with Gasteiger partial charge in [-0.2, -0.15) is 0 Å². The lowest BCUT2D eigenvalue weighted by atomic mass is 10.1. The Hall–Kier alpha value is -1.55. The third-order valence-corrected chi connectivity index (χ3v) is 5.33. The van der Waals surface area contributed by atoms with E-state index in [2.05, 4.69) is 32.8 Å². The molecule has 0 heterocycles. The molecular formula is C27H49NO3. The second-order valence-corrected chi connectivity index (χ2v) is 8.72. The fraction of sp³-hybridized carbons (Fsp3) is 0.741. The van der Waals surface area contributed by atoms with Crippen LogP contribution in [0.2, 0.25) is 0 Å². The number of benzene rings is 1. The summed E-state index contributed by atoms with van der Waals surface area (Å²) in [6.45, 7) is 6.42. The smallest absolute Gasteiger partial charge is 0.335 e. The lowest BCUT2D eigenvalue weighted by Gasteiger charge is -2.08. The standard InChI is InChI=1S/C14H31N.C13H18O3/c1-4-5-6-7-8-9-10-11-12-13-14-15(2)3;1-2-3-4-5-10-16-12-8-6-11(7-9-12)13(14)15/h4-14H2,1-3H3;6-9H,2-5,10H2,1H3,(H,14,15). The molecule has 0 saturated carbocycles. The van der Waals surface area contributed by atoms with E-state index in [4.69, 9.17) is 9.84 Å². The number of rotatable bonds is 18. The van der Waals surface area contributed by atoms with Crippen molar-refractivity contribution in [2.75, 3.05) is 27.2 Å². The lowest BCUT2D eigenvalue weighted by molar-refractivity contribution is 0.0697. The maximum atomic E-state index is 10.6. The Balaban J connectivity index is 0.000000582. The largest absolute Gasteiger partial charge is 0.494 e. The molecule has 0 radical (unpaired) electrons. The van der Waals surface area contributed by atoms with Crippen LogP contribution in [0.4, 0.5) is 0 Å². The van der Waals surface area contributed by atoms with Gasteiger partial charge in [0.2, 0.25) is 0 Å². The molecule has 0 aromatic heterocycles. The normalized spacial score (nSPS) is 10.6. The van der Waals surface area contributed by atoms with Gasteiger partial charge in [-0.3, -0.25) is 0 Å². The van der Waals surface area contributed by atoms with Gasteiger partial charge < -0.3 is 14.7 Å². The average Bonchev–Trinajstić information content (AvgIpc) is 2.75. The Labute approximate surface area is 192 Å². The first-order chi connectivity index (χ1) is 15.0. The van der Waals surface area contributed by atoms with Crippen molar-refractivity contribution < 1.29 is 14.6 Å². The van der Waals surface area contributed by atoms with Crippen LogP contribution in [0.15, 0.2) is 24.3 Å². The average molecular weight is 436 g/mol. The third kappa shape index (κ3) is 20.1. The second-order valence-electron chi connectivity index (χ2n) is 8.72. The minimum absolute atomic E-state index is 0.290. The van der Waals surface area contributed by atoms with Gasteiger partial charge in [-0.1, -0.05) is 90.9 Å². The van der Waals surface area contributed by atoms with Crippen LogP contribution in [-0.2, 0) is 0 Å². The van der Waals surface area contributed by atoms with Crippen molar-refractivity contribution in [1.29, 1.82) is 0 Å². The van der Waals surface area contributed by atoms with E-state index in [0.29, 0.717) is 12.2 Å². The fourth-order valence-electron chi connectivity index (χ4n) is 3.33. The minimum Gasteiger partial charge on any atom is -0.494 e. The zero-order chi connectivity index (χ0) is 23.2. The number of nitrogens with zero attached hydrogens (tertiary/aromatic N) is 1. The van der Waals surface area contributed by atoms with Crippen molar-refractivity contribution in [1.82, 2.24) is 4.90 Å². The van der Waals surface area contributed by atoms with Gasteiger partial charge in [-0.05, 0) is 57.7 Å². The predicted octanol–water partition coefficient (Wildman–Crippen LogP) is 7.81. The summed E-state index contributed by atoms with van der Waals surface area (Å²) >= 11 is 0. The highest BCUT2D eigenvalue weighted by molar-refractivity contribution is 5.87. The van der Waals surface area contributed by atoms with Gasteiger partial charge in [0.05, 0.1) is 12.2 Å². The van der Waals surface area contributed by atoms with Gasteiger partial charge in [-0.25, -0.2) is 4.79 Å². The number of carboxylic acid groups (broad SMARTS) is 1. The Morgan fingerprint density at radius 3 is 1.65 bits per heavy atom. The number of ether oxygens (including phenoxy) is 1. The summed E-state index contributed by atoms with van der Waals surface area (Å²) in [7, 11) is 4.32. The zero-order valence-corrected chi connectivity index (χ0v) is 20.8.